The van der Waals surface area contributed by atoms with Gasteiger partial charge in [-0.15, -0.1) is 11.8 Å². The van der Waals surface area contributed by atoms with Gasteiger partial charge in [0, 0.05) is 7.05 Å². The highest BCUT2D eigenvalue weighted by Gasteiger charge is 2.39. The Kier molecular flexibility index (Phi) is 4.65. The Bertz CT molecular complexity index is 651. The summed E-state index contributed by atoms with van der Waals surface area (Å²) < 4.78 is 0. The van der Waals surface area contributed by atoms with Crippen molar-refractivity contribution >= 4 is 41.0 Å². The van der Waals surface area contributed by atoms with Crippen LogP contribution in [0.15, 0.2) is 28.9 Å². The van der Waals surface area contributed by atoms with Crippen molar-refractivity contribution in [2.75, 3.05) is 13.3 Å². The summed E-state index contributed by atoms with van der Waals surface area (Å²) >= 11 is 12.9. The molecule has 1 aromatic rings. The lowest BCUT2D eigenvalue weighted by atomic mass is 10.0. The molecule has 0 aromatic heterocycles. The number of hydrogen-bond donors (Lipinski definition) is 1. The number of nitrogens with zero attached hydrogens (tertiary/aromatic N) is 2. The molecule has 2 rings (SSSR count). The number of hydrogen-bond acceptors (Lipinski definition) is 4. The minimum atomic E-state index is -0.874. The summed E-state index contributed by atoms with van der Waals surface area (Å²) in [6.45, 7) is 0. The lowest BCUT2D eigenvalue weighted by molar-refractivity contribution is -0.432. The van der Waals surface area contributed by atoms with Crippen molar-refractivity contribution in [3.63, 3.8) is 0 Å². The second-order valence-electron chi connectivity index (χ2n) is 4.27. The Labute approximate surface area is 135 Å². The zero-order valence-corrected chi connectivity index (χ0v) is 13.4. The van der Waals surface area contributed by atoms with Crippen molar-refractivity contribution < 1.29 is 9.72 Å². The fraction of sp³-hybridized carbons (Fsp3) is 0.250. The second kappa shape index (κ2) is 6.13. The number of nitrogens with one attached hydrogen (secondary N) is 1. The number of thioether (sulfide) groups is 1. The molecule has 1 N–H and O–H groups in total. The van der Waals surface area contributed by atoms with Crippen LogP contribution in [0.1, 0.15) is 11.6 Å². The first-order chi connectivity index (χ1) is 9.86. The first-order valence-corrected chi connectivity index (χ1v) is 7.76. The van der Waals surface area contributed by atoms with Gasteiger partial charge in [0.25, 0.3) is 0 Å². The number of nitro groups is 1. The number of rotatable bonds is 3. The minimum absolute atomic E-state index is 0.0945. The van der Waals surface area contributed by atoms with Crippen LogP contribution in [0.4, 0.5) is 4.79 Å². The minimum Gasteiger partial charge on any atom is -0.321 e. The molecule has 0 saturated heterocycles. The monoisotopic (exact) mass is 347 g/mol. The van der Waals surface area contributed by atoms with Crippen LogP contribution in [0.2, 0.25) is 10.0 Å². The first-order valence-electron chi connectivity index (χ1n) is 5.78. The van der Waals surface area contributed by atoms with E-state index >= 15 is 0 Å². The van der Waals surface area contributed by atoms with E-state index in [0.717, 1.165) is 11.8 Å². The first kappa shape index (κ1) is 15.9. The van der Waals surface area contributed by atoms with Crippen molar-refractivity contribution in [3.8, 4) is 0 Å². The maximum atomic E-state index is 12.0. The highest BCUT2D eigenvalue weighted by Crippen LogP contribution is 2.36. The fourth-order valence-corrected chi connectivity index (χ4v) is 3.10. The molecule has 0 saturated carbocycles. The van der Waals surface area contributed by atoms with Gasteiger partial charge in [0.05, 0.1) is 15.0 Å². The molecule has 0 aliphatic carbocycles. The number of urea groups is 1. The van der Waals surface area contributed by atoms with Crippen LogP contribution >= 0.6 is 35.0 Å². The Morgan fingerprint density at radius 2 is 2.05 bits per heavy atom. The highest BCUT2D eigenvalue weighted by atomic mass is 35.5. The molecule has 9 heteroatoms. The van der Waals surface area contributed by atoms with Crippen molar-refractivity contribution in [1.29, 1.82) is 0 Å². The third kappa shape index (κ3) is 2.95. The number of carbonyl (C=O) groups is 1. The zero-order chi connectivity index (χ0) is 15.7. The van der Waals surface area contributed by atoms with E-state index in [-0.39, 0.29) is 10.7 Å². The molecule has 6 nitrogen and oxygen atoms in total. The van der Waals surface area contributed by atoms with Crippen LogP contribution in [0.3, 0.4) is 0 Å². The highest BCUT2D eigenvalue weighted by molar-refractivity contribution is 8.02. The predicted octanol–water partition coefficient (Wildman–Crippen LogP) is 3.50. The van der Waals surface area contributed by atoms with Crippen LogP contribution in [0.25, 0.3) is 0 Å². The molecule has 0 unspecified atom stereocenters. The fourth-order valence-electron chi connectivity index (χ4n) is 2.03. The Morgan fingerprint density at radius 1 is 1.38 bits per heavy atom. The van der Waals surface area contributed by atoms with E-state index < -0.39 is 17.0 Å². The molecule has 0 radical (unpaired) electrons. The van der Waals surface area contributed by atoms with Crippen LogP contribution in [0.5, 0.6) is 0 Å². The lowest BCUT2D eigenvalue weighted by Crippen LogP contribution is -2.45. The maximum absolute atomic E-state index is 12.0. The molecule has 1 aliphatic heterocycles. The smallest absolute Gasteiger partial charge is 0.321 e. The lowest BCUT2D eigenvalue weighted by Gasteiger charge is -2.29. The van der Waals surface area contributed by atoms with E-state index in [1.807, 2.05) is 0 Å². The van der Waals surface area contributed by atoms with E-state index in [1.165, 1.54) is 18.0 Å². The predicted molar refractivity (Wildman–Crippen MR) is 83.0 cm³/mol. The largest absolute Gasteiger partial charge is 0.323 e. The molecule has 2 amide bonds. The molecule has 0 bridgehead atoms. The number of carbonyl (C=O) groups excluding carboxylic acids is 1. The van der Waals surface area contributed by atoms with Crippen molar-refractivity contribution in [3.05, 3.63) is 54.6 Å². The molecule has 1 heterocycles. The summed E-state index contributed by atoms with van der Waals surface area (Å²) in [5, 5.41) is 14.9. The molecule has 112 valence electrons. The maximum Gasteiger partial charge on any atom is 0.323 e. The van der Waals surface area contributed by atoms with Gasteiger partial charge in [-0.1, -0.05) is 29.3 Å². The standard InChI is InChI=1S/C12H11Cl2N3O3S/c1-16-11(21-2)10(17(19)20)9(15-12(16)18)6-3-4-7(13)8(14)5-6/h3-5,9H,1-2H3,(H,15,18)/t9-/m0/s1. The van der Waals surface area contributed by atoms with Gasteiger partial charge in [0.1, 0.15) is 6.04 Å². The van der Waals surface area contributed by atoms with Crippen molar-refractivity contribution in [2.45, 2.75) is 6.04 Å². The van der Waals surface area contributed by atoms with Crippen LogP contribution < -0.4 is 5.32 Å². The molecular weight excluding hydrogens is 337 g/mol. The quantitative estimate of drug-likeness (QED) is 0.670. The Balaban J connectivity index is 2.59. The molecule has 1 aliphatic rings. The summed E-state index contributed by atoms with van der Waals surface area (Å²) in [5.41, 5.74) is 0.409. The third-order valence-corrected chi connectivity index (χ3v) is 4.65. The molecule has 0 fully saturated rings. The van der Waals surface area contributed by atoms with Gasteiger partial charge in [-0.25, -0.2) is 4.79 Å². The summed E-state index contributed by atoms with van der Waals surface area (Å²) in [4.78, 5) is 24.1. The van der Waals surface area contributed by atoms with Crippen LogP contribution in [-0.4, -0.2) is 29.2 Å². The molecule has 0 spiro atoms. The average Bonchev–Trinajstić information content (AvgIpc) is 2.43. The van der Waals surface area contributed by atoms with E-state index in [4.69, 9.17) is 23.2 Å². The zero-order valence-electron chi connectivity index (χ0n) is 11.1. The average molecular weight is 348 g/mol. The number of halogens is 2. The normalized spacial score (nSPS) is 18.8. The van der Waals surface area contributed by atoms with E-state index in [1.54, 1.807) is 18.4 Å². The van der Waals surface area contributed by atoms with Gasteiger partial charge >= 0.3 is 11.7 Å². The van der Waals surface area contributed by atoms with Gasteiger partial charge in [-0.05, 0) is 24.0 Å². The van der Waals surface area contributed by atoms with Gasteiger partial charge in [-0.3, -0.25) is 15.0 Å². The Morgan fingerprint density at radius 3 is 2.57 bits per heavy atom. The summed E-state index contributed by atoms with van der Waals surface area (Å²) in [6.07, 6.45) is 1.68. The Hall–Kier alpha value is -1.44. The van der Waals surface area contributed by atoms with E-state index in [9.17, 15) is 14.9 Å². The van der Waals surface area contributed by atoms with E-state index in [0.29, 0.717) is 15.6 Å². The molecule has 1 aromatic carbocycles. The van der Waals surface area contributed by atoms with Gasteiger partial charge in [-0.2, -0.15) is 0 Å². The van der Waals surface area contributed by atoms with Crippen molar-refractivity contribution in [1.82, 2.24) is 10.2 Å². The van der Waals surface area contributed by atoms with E-state index in [2.05, 4.69) is 5.32 Å². The topological polar surface area (TPSA) is 75.5 Å². The SMILES string of the molecule is CSC1=C([N+](=O)[O-])[C@H](c2ccc(Cl)c(Cl)c2)NC(=O)N1C. The number of benzene rings is 1. The molecular formula is C12H11Cl2N3O3S. The third-order valence-electron chi connectivity index (χ3n) is 3.04. The summed E-state index contributed by atoms with van der Waals surface area (Å²) in [7, 11) is 1.48. The molecule has 1 atom stereocenters. The van der Waals surface area contributed by atoms with Crippen LogP contribution in [0, 0.1) is 10.1 Å². The summed E-state index contributed by atoms with van der Waals surface area (Å²) in [6, 6.07) is 3.37. The van der Waals surface area contributed by atoms with Crippen LogP contribution in [-0.2, 0) is 0 Å². The number of amides is 2. The second-order valence-corrected chi connectivity index (χ2v) is 5.88. The van der Waals surface area contributed by atoms with Crippen molar-refractivity contribution in [2.24, 2.45) is 0 Å². The van der Waals surface area contributed by atoms with Gasteiger partial charge in [0.2, 0.25) is 0 Å². The summed E-state index contributed by atoms with van der Waals surface area (Å²) in [5.74, 6) is 0. The molecule has 21 heavy (non-hydrogen) atoms. The van der Waals surface area contributed by atoms with Gasteiger partial charge < -0.3 is 5.32 Å². The van der Waals surface area contributed by atoms with Gasteiger partial charge in [0.15, 0.2) is 5.03 Å².